The fraction of sp³-hybridized carbons (Fsp3) is 0.667. The van der Waals surface area contributed by atoms with Gasteiger partial charge >= 0.3 is 0 Å². The van der Waals surface area contributed by atoms with E-state index in [1.165, 1.54) is 12.8 Å². The average Bonchev–Trinajstić information content (AvgIpc) is 3.25. The zero-order valence-corrected chi connectivity index (χ0v) is 15.5. The van der Waals surface area contributed by atoms with Crippen LogP contribution >= 0.6 is 0 Å². The number of carbonyl (C=O) groups is 1. The lowest BCUT2D eigenvalue weighted by Gasteiger charge is -2.20. The first kappa shape index (κ1) is 17.6. The molecule has 1 aliphatic carbocycles. The van der Waals surface area contributed by atoms with Gasteiger partial charge in [0.05, 0.1) is 18.1 Å². The second-order valence-corrected chi connectivity index (χ2v) is 6.95. The van der Waals surface area contributed by atoms with Gasteiger partial charge in [0.25, 0.3) is 0 Å². The van der Waals surface area contributed by atoms with Gasteiger partial charge in [-0.1, -0.05) is 26.2 Å². The van der Waals surface area contributed by atoms with Crippen molar-refractivity contribution in [3.8, 4) is 0 Å². The lowest BCUT2D eigenvalue weighted by Crippen LogP contribution is -2.36. The van der Waals surface area contributed by atoms with E-state index in [2.05, 4.69) is 17.3 Å². The van der Waals surface area contributed by atoms with Crippen molar-refractivity contribution < 1.29 is 4.79 Å². The van der Waals surface area contributed by atoms with Crippen LogP contribution < -0.4 is 10.2 Å². The first-order valence-corrected chi connectivity index (χ1v) is 9.27. The molecule has 2 aromatic heterocycles. The maximum atomic E-state index is 12.2. The van der Waals surface area contributed by atoms with Crippen molar-refractivity contribution in [2.45, 2.75) is 51.4 Å². The van der Waals surface area contributed by atoms with Gasteiger partial charge in [0, 0.05) is 26.6 Å². The van der Waals surface area contributed by atoms with E-state index in [4.69, 9.17) is 9.97 Å². The number of nitrogens with zero attached hydrogens (tertiary/aromatic N) is 5. The third kappa shape index (κ3) is 3.91. The highest BCUT2D eigenvalue weighted by molar-refractivity contribution is 5.89. The molecular formula is C18H28N6O. The first-order valence-electron chi connectivity index (χ1n) is 9.27. The van der Waals surface area contributed by atoms with Gasteiger partial charge < -0.3 is 10.2 Å². The molecule has 0 aliphatic heterocycles. The van der Waals surface area contributed by atoms with Crippen molar-refractivity contribution in [2.24, 2.45) is 7.05 Å². The molecule has 3 rings (SSSR count). The molecule has 1 amide bonds. The van der Waals surface area contributed by atoms with Crippen LogP contribution in [0.1, 0.15) is 57.2 Å². The van der Waals surface area contributed by atoms with E-state index in [9.17, 15) is 4.79 Å². The molecule has 136 valence electrons. The second kappa shape index (κ2) is 7.80. The minimum absolute atomic E-state index is 0.0222. The minimum Gasteiger partial charge on any atom is -0.355 e. The highest BCUT2D eigenvalue weighted by Crippen LogP contribution is 2.34. The number of nitrogens with one attached hydrogen (secondary N) is 1. The van der Waals surface area contributed by atoms with Crippen molar-refractivity contribution in [1.29, 1.82) is 0 Å². The molecule has 1 aliphatic rings. The Kier molecular flexibility index (Phi) is 5.50. The molecule has 1 saturated carbocycles. The first-order chi connectivity index (χ1) is 12.1. The zero-order valence-electron chi connectivity index (χ0n) is 15.5. The van der Waals surface area contributed by atoms with Crippen LogP contribution in [-0.4, -0.2) is 45.8 Å². The van der Waals surface area contributed by atoms with Gasteiger partial charge in [0.2, 0.25) is 5.91 Å². The van der Waals surface area contributed by atoms with Gasteiger partial charge in [-0.25, -0.2) is 9.97 Å². The van der Waals surface area contributed by atoms with Gasteiger partial charge in [0.1, 0.15) is 11.6 Å². The van der Waals surface area contributed by atoms with Crippen molar-refractivity contribution in [3.63, 3.8) is 0 Å². The van der Waals surface area contributed by atoms with E-state index in [-0.39, 0.29) is 12.5 Å². The highest BCUT2D eigenvalue weighted by atomic mass is 16.2. The van der Waals surface area contributed by atoms with Crippen LogP contribution in [0.4, 0.5) is 5.82 Å². The summed E-state index contributed by atoms with van der Waals surface area (Å²) < 4.78 is 1.79. The van der Waals surface area contributed by atoms with Gasteiger partial charge in [-0.05, 0) is 19.3 Å². The Morgan fingerprint density at radius 1 is 1.36 bits per heavy atom. The molecule has 1 N–H and O–H groups in total. The third-order valence-corrected chi connectivity index (χ3v) is 4.90. The molecule has 0 atom stereocenters. The van der Waals surface area contributed by atoms with Gasteiger partial charge in [-0.2, -0.15) is 5.10 Å². The summed E-state index contributed by atoms with van der Waals surface area (Å²) in [5.41, 5.74) is 0.838. The number of unbranched alkanes of at least 4 members (excludes halogenated alkanes) is 1. The topological polar surface area (TPSA) is 75.9 Å². The number of aryl methyl sites for hydroxylation is 1. The largest absolute Gasteiger partial charge is 0.355 e. The molecule has 0 spiro atoms. The van der Waals surface area contributed by atoms with Crippen LogP contribution in [0.25, 0.3) is 11.0 Å². The monoisotopic (exact) mass is 344 g/mol. The van der Waals surface area contributed by atoms with Gasteiger partial charge in [-0.15, -0.1) is 0 Å². The van der Waals surface area contributed by atoms with Crippen LogP contribution in [0.5, 0.6) is 0 Å². The Balaban J connectivity index is 1.84. The quantitative estimate of drug-likeness (QED) is 0.781. The number of carbonyl (C=O) groups excluding carboxylic acids is 1. The number of hydrogen-bond acceptors (Lipinski definition) is 5. The summed E-state index contributed by atoms with van der Waals surface area (Å²) >= 11 is 0. The molecule has 2 aromatic rings. The fourth-order valence-corrected chi connectivity index (χ4v) is 3.43. The van der Waals surface area contributed by atoms with Crippen LogP contribution in [0.3, 0.4) is 0 Å². The van der Waals surface area contributed by atoms with Crippen molar-refractivity contribution >= 4 is 22.8 Å². The second-order valence-electron chi connectivity index (χ2n) is 6.95. The Morgan fingerprint density at radius 3 is 2.84 bits per heavy atom. The molecule has 7 heteroatoms. The van der Waals surface area contributed by atoms with Crippen molar-refractivity contribution in [2.75, 3.05) is 25.0 Å². The maximum absolute atomic E-state index is 12.2. The molecule has 1 fully saturated rings. The summed E-state index contributed by atoms with van der Waals surface area (Å²) in [5, 5.41) is 8.19. The number of aromatic nitrogens is 4. The summed E-state index contributed by atoms with van der Waals surface area (Å²) in [6, 6.07) is 0. The summed E-state index contributed by atoms with van der Waals surface area (Å²) in [4.78, 5) is 23.7. The lowest BCUT2D eigenvalue weighted by atomic mass is 10.1. The van der Waals surface area contributed by atoms with Crippen LogP contribution in [0.15, 0.2) is 6.20 Å². The van der Waals surface area contributed by atoms with Gasteiger partial charge in [0.15, 0.2) is 5.65 Å². The van der Waals surface area contributed by atoms with E-state index >= 15 is 0 Å². The normalized spacial score (nSPS) is 15.0. The summed E-state index contributed by atoms with van der Waals surface area (Å²) in [6.45, 7) is 3.13. The Labute approximate surface area is 148 Å². The number of anilines is 1. The number of fused-ring (bicyclic) bond motifs is 1. The smallest absolute Gasteiger partial charge is 0.239 e. The molecule has 0 unspecified atom stereocenters. The SMILES string of the molecule is CCCCNC(=O)CN(C)c1nc(C2CCCC2)nc2c1cnn2C. The Bertz CT molecular complexity index is 734. The summed E-state index contributed by atoms with van der Waals surface area (Å²) in [7, 11) is 3.81. The predicted molar refractivity (Wildman–Crippen MR) is 98.7 cm³/mol. The van der Waals surface area contributed by atoms with Crippen LogP contribution in [-0.2, 0) is 11.8 Å². The summed E-state index contributed by atoms with van der Waals surface area (Å²) in [5.74, 6) is 2.13. The Hall–Kier alpha value is -2.18. The lowest BCUT2D eigenvalue weighted by molar-refractivity contribution is -0.119. The molecule has 2 heterocycles. The number of likely N-dealkylation sites (N-methyl/N-ethyl adjacent to an activating group) is 1. The third-order valence-electron chi connectivity index (χ3n) is 4.90. The van der Waals surface area contributed by atoms with Gasteiger partial charge in [-0.3, -0.25) is 9.48 Å². The molecule has 0 bridgehead atoms. The molecule has 0 aromatic carbocycles. The Morgan fingerprint density at radius 2 is 2.12 bits per heavy atom. The van der Waals surface area contributed by atoms with E-state index in [1.54, 1.807) is 10.9 Å². The molecule has 25 heavy (non-hydrogen) atoms. The highest BCUT2D eigenvalue weighted by Gasteiger charge is 2.24. The molecule has 0 saturated heterocycles. The van der Waals surface area contributed by atoms with Crippen LogP contribution in [0.2, 0.25) is 0 Å². The van der Waals surface area contributed by atoms with E-state index in [0.717, 1.165) is 54.9 Å². The van der Waals surface area contributed by atoms with E-state index < -0.39 is 0 Å². The van der Waals surface area contributed by atoms with E-state index in [0.29, 0.717) is 5.92 Å². The maximum Gasteiger partial charge on any atom is 0.239 e. The van der Waals surface area contributed by atoms with Crippen LogP contribution in [0, 0.1) is 0 Å². The van der Waals surface area contributed by atoms with Crippen molar-refractivity contribution in [3.05, 3.63) is 12.0 Å². The number of rotatable bonds is 7. The molecule has 0 radical (unpaired) electrons. The predicted octanol–water partition coefficient (Wildman–Crippen LogP) is 2.37. The average molecular weight is 344 g/mol. The fourth-order valence-electron chi connectivity index (χ4n) is 3.43. The standard InChI is InChI=1S/C18H28N6O/c1-4-5-10-19-15(25)12-23(2)17-14-11-20-24(3)18(14)22-16(21-17)13-8-6-7-9-13/h11,13H,4-10,12H2,1-3H3,(H,19,25). The number of hydrogen-bond donors (Lipinski definition) is 1. The zero-order chi connectivity index (χ0) is 17.8. The van der Waals surface area contributed by atoms with Crippen molar-refractivity contribution in [1.82, 2.24) is 25.1 Å². The molecular weight excluding hydrogens is 316 g/mol. The minimum atomic E-state index is 0.0222. The van der Waals surface area contributed by atoms with E-state index in [1.807, 2.05) is 19.0 Å². The summed E-state index contributed by atoms with van der Waals surface area (Å²) in [6.07, 6.45) is 8.62. The molecule has 7 nitrogen and oxygen atoms in total. The number of amides is 1.